The second-order valence-corrected chi connectivity index (χ2v) is 3.76. The van der Waals surface area contributed by atoms with Crippen LogP contribution in [0.4, 0.5) is 13.2 Å². The minimum Gasteiger partial charge on any atom is -0.457 e. The van der Waals surface area contributed by atoms with Gasteiger partial charge in [-0.15, -0.1) is 0 Å². The molecular formula is C9H13F3O2. The maximum Gasteiger partial charge on any atom is 0.392 e. The van der Waals surface area contributed by atoms with Crippen molar-refractivity contribution in [3.05, 3.63) is 12.2 Å². The molecule has 14 heavy (non-hydrogen) atoms. The number of esters is 1. The third-order valence-corrected chi connectivity index (χ3v) is 1.01. The van der Waals surface area contributed by atoms with Crippen molar-refractivity contribution in [2.75, 3.05) is 0 Å². The lowest BCUT2D eigenvalue weighted by atomic mass is 10.2. The first-order chi connectivity index (χ1) is 6.10. The van der Waals surface area contributed by atoms with Crippen molar-refractivity contribution in [2.45, 2.75) is 39.0 Å². The molecule has 0 radical (unpaired) electrons. The Bertz CT molecular complexity index is 223. The van der Waals surface area contributed by atoms with Crippen molar-refractivity contribution in [2.24, 2.45) is 0 Å². The number of ether oxygens (including phenoxy) is 1. The van der Waals surface area contributed by atoms with E-state index in [1.807, 2.05) is 0 Å². The van der Waals surface area contributed by atoms with Gasteiger partial charge in [-0.05, 0) is 20.8 Å². The second kappa shape index (κ2) is 4.48. The highest BCUT2D eigenvalue weighted by atomic mass is 19.4. The summed E-state index contributed by atoms with van der Waals surface area (Å²) in [6, 6.07) is 0. The van der Waals surface area contributed by atoms with Gasteiger partial charge in [-0.3, -0.25) is 0 Å². The molecule has 0 bridgehead atoms. The highest BCUT2D eigenvalue weighted by molar-refractivity contribution is 5.82. The Balaban J connectivity index is 3.96. The van der Waals surface area contributed by atoms with Crippen LogP contribution in [0, 0.1) is 0 Å². The van der Waals surface area contributed by atoms with Gasteiger partial charge in [0, 0.05) is 6.08 Å². The molecule has 0 spiro atoms. The molecule has 0 heterocycles. The highest BCUT2D eigenvalue weighted by Crippen LogP contribution is 2.19. The average molecular weight is 210 g/mol. The van der Waals surface area contributed by atoms with Gasteiger partial charge in [0.1, 0.15) is 5.60 Å². The zero-order valence-corrected chi connectivity index (χ0v) is 8.31. The number of carbonyl (C=O) groups excluding carboxylic acids is 1. The topological polar surface area (TPSA) is 26.3 Å². The van der Waals surface area contributed by atoms with E-state index in [2.05, 4.69) is 0 Å². The molecule has 82 valence electrons. The molecule has 5 heteroatoms. The summed E-state index contributed by atoms with van der Waals surface area (Å²) in [6.07, 6.45) is -3.86. The summed E-state index contributed by atoms with van der Waals surface area (Å²) in [5.74, 6) is -0.762. The molecule has 0 aliphatic carbocycles. The Labute approximate surface area is 80.7 Å². The van der Waals surface area contributed by atoms with Crippen LogP contribution in [-0.4, -0.2) is 17.7 Å². The summed E-state index contributed by atoms with van der Waals surface area (Å²) in [5, 5.41) is 0. The van der Waals surface area contributed by atoms with Gasteiger partial charge in [-0.2, -0.15) is 13.2 Å². The predicted octanol–water partition coefficient (Wildman–Crippen LogP) is 2.84. The van der Waals surface area contributed by atoms with E-state index in [1.54, 1.807) is 20.8 Å². The van der Waals surface area contributed by atoms with Gasteiger partial charge in [-0.1, -0.05) is 6.08 Å². The minimum atomic E-state index is -4.28. The Morgan fingerprint density at radius 3 is 2.14 bits per heavy atom. The van der Waals surface area contributed by atoms with Crippen molar-refractivity contribution in [1.82, 2.24) is 0 Å². The number of carbonyl (C=O) groups is 1. The quantitative estimate of drug-likeness (QED) is 0.517. The van der Waals surface area contributed by atoms with Crippen LogP contribution in [0.1, 0.15) is 27.2 Å². The van der Waals surface area contributed by atoms with Crippen LogP contribution in [0.5, 0.6) is 0 Å². The minimum absolute atomic E-state index is 0.681. The summed E-state index contributed by atoms with van der Waals surface area (Å²) in [7, 11) is 0. The number of rotatable bonds is 2. The van der Waals surface area contributed by atoms with E-state index in [9.17, 15) is 18.0 Å². The van der Waals surface area contributed by atoms with Gasteiger partial charge in [-0.25, -0.2) is 4.79 Å². The molecule has 0 rings (SSSR count). The zero-order chi connectivity index (χ0) is 11.4. The summed E-state index contributed by atoms with van der Waals surface area (Å²) in [6.45, 7) is 4.92. The fraction of sp³-hybridized carbons (Fsp3) is 0.667. The lowest BCUT2D eigenvalue weighted by Crippen LogP contribution is -2.22. The van der Waals surface area contributed by atoms with Gasteiger partial charge in [0.25, 0.3) is 0 Å². The van der Waals surface area contributed by atoms with Crippen molar-refractivity contribution in [3.8, 4) is 0 Å². The molecule has 0 saturated carbocycles. The Hall–Kier alpha value is -1.00. The van der Waals surface area contributed by atoms with E-state index in [4.69, 9.17) is 4.74 Å². The summed E-state index contributed by atoms with van der Waals surface area (Å²) in [4.78, 5) is 10.9. The smallest absolute Gasteiger partial charge is 0.392 e. The molecule has 0 N–H and O–H groups in total. The van der Waals surface area contributed by atoms with E-state index in [0.717, 1.165) is 12.2 Å². The largest absolute Gasteiger partial charge is 0.457 e. The van der Waals surface area contributed by atoms with Crippen LogP contribution >= 0.6 is 0 Å². The zero-order valence-electron chi connectivity index (χ0n) is 8.31. The molecule has 0 unspecified atom stereocenters. The molecule has 0 aromatic carbocycles. The van der Waals surface area contributed by atoms with Crippen LogP contribution < -0.4 is 0 Å². The summed E-state index contributed by atoms with van der Waals surface area (Å²) < 4.78 is 39.7. The molecule has 0 aromatic heterocycles. The normalized spacial score (nSPS) is 13.3. The van der Waals surface area contributed by atoms with Crippen molar-refractivity contribution in [1.29, 1.82) is 0 Å². The number of hydrogen-bond donors (Lipinski definition) is 0. The van der Waals surface area contributed by atoms with Gasteiger partial charge in [0.15, 0.2) is 0 Å². The Morgan fingerprint density at radius 2 is 1.79 bits per heavy atom. The fourth-order valence-corrected chi connectivity index (χ4v) is 0.625. The van der Waals surface area contributed by atoms with E-state index in [1.165, 1.54) is 0 Å². The third kappa shape index (κ3) is 9.09. The monoisotopic (exact) mass is 210 g/mol. The second-order valence-electron chi connectivity index (χ2n) is 3.76. The van der Waals surface area contributed by atoms with Gasteiger partial charge >= 0.3 is 12.1 Å². The van der Waals surface area contributed by atoms with E-state index in [0.29, 0.717) is 0 Å². The molecule has 0 fully saturated rings. The maximum atomic E-state index is 11.6. The van der Waals surface area contributed by atoms with Gasteiger partial charge in [0.05, 0.1) is 6.42 Å². The molecule has 0 saturated heterocycles. The lowest BCUT2D eigenvalue weighted by molar-refractivity contribution is -0.148. The van der Waals surface area contributed by atoms with Crippen molar-refractivity contribution in [3.63, 3.8) is 0 Å². The SMILES string of the molecule is CC(C)(C)OC(=O)C=CCC(F)(F)F. The summed E-state index contributed by atoms with van der Waals surface area (Å²) in [5.41, 5.74) is -0.681. The Kier molecular flexibility index (Phi) is 4.16. The van der Waals surface area contributed by atoms with Crippen molar-refractivity contribution < 1.29 is 22.7 Å². The first-order valence-electron chi connectivity index (χ1n) is 4.06. The van der Waals surface area contributed by atoms with Crippen LogP contribution in [0.2, 0.25) is 0 Å². The highest BCUT2D eigenvalue weighted by Gasteiger charge is 2.25. The summed E-state index contributed by atoms with van der Waals surface area (Å²) >= 11 is 0. The molecule has 0 atom stereocenters. The van der Waals surface area contributed by atoms with Crippen molar-refractivity contribution >= 4 is 5.97 Å². The first kappa shape index (κ1) is 13.0. The predicted molar refractivity (Wildman–Crippen MR) is 45.7 cm³/mol. The van der Waals surface area contributed by atoms with E-state index >= 15 is 0 Å². The van der Waals surface area contributed by atoms with E-state index in [-0.39, 0.29) is 0 Å². The molecular weight excluding hydrogens is 197 g/mol. The standard InChI is InChI=1S/C9H13F3O2/c1-8(2,3)14-7(13)5-4-6-9(10,11)12/h4-5H,6H2,1-3H3. The molecule has 0 aliphatic heterocycles. The van der Waals surface area contributed by atoms with Gasteiger partial charge < -0.3 is 4.74 Å². The van der Waals surface area contributed by atoms with Crippen LogP contribution in [0.25, 0.3) is 0 Å². The van der Waals surface area contributed by atoms with Crippen LogP contribution in [-0.2, 0) is 9.53 Å². The molecule has 0 amide bonds. The average Bonchev–Trinajstić information content (AvgIpc) is 1.78. The first-order valence-corrected chi connectivity index (χ1v) is 4.06. The molecule has 2 nitrogen and oxygen atoms in total. The fourth-order valence-electron chi connectivity index (χ4n) is 0.625. The number of hydrogen-bond acceptors (Lipinski definition) is 2. The molecule has 0 aliphatic rings. The number of halogens is 3. The lowest BCUT2D eigenvalue weighted by Gasteiger charge is -2.17. The van der Waals surface area contributed by atoms with Crippen LogP contribution in [0.15, 0.2) is 12.2 Å². The Morgan fingerprint density at radius 1 is 1.29 bits per heavy atom. The number of alkyl halides is 3. The van der Waals surface area contributed by atoms with Crippen LogP contribution in [0.3, 0.4) is 0 Å². The van der Waals surface area contributed by atoms with Gasteiger partial charge in [0.2, 0.25) is 0 Å². The van der Waals surface area contributed by atoms with E-state index < -0.39 is 24.2 Å². The maximum absolute atomic E-state index is 11.6. The molecule has 0 aromatic rings. The third-order valence-electron chi connectivity index (χ3n) is 1.01. The number of allylic oxidation sites excluding steroid dienone is 1.